The maximum Gasteiger partial charge on any atom is 0.263 e. The van der Waals surface area contributed by atoms with Gasteiger partial charge in [0.25, 0.3) is 11.5 Å². The number of hydrogen-bond donors (Lipinski definition) is 0. The normalized spacial score (nSPS) is 19.9. The third-order valence-corrected chi connectivity index (χ3v) is 5.85. The molecule has 1 saturated heterocycles. The molecule has 3 aromatic rings. The quantitative estimate of drug-likeness (QED) is 0.699. The van der Waals surface area contributed by atoms with Crippen molar-refractivity contribution in [3.8, 4) is 0 Å². The van der Waals surface area contributed by atoms with Gasteiger partial charge in [0, 0.05) is 25.3 Å². The van der Waals surface area contributed by atoms with E-state index in [1.807, 2.05) is 43.5 Å². The molecule has 2 aliphatic rings. The maximum absolute atomic E-state index is 13.2. The van der Waals surface area contributed by atoms with E-state index in [-0.39, 0.29) is 23.4 Å². The largest absolute Gasteiger partial charge is 0.440 e. The number of hydrogen-bond acceptors (Lipinski definition) is 4. The van der Waals surface area contributed by atoms with E-state index >= 15 is 0 Å². The topological polar surface area (TPSA) is 68.3 Å². The molecule has 1 aliphatic carbocycles. The Morgan fingerprint density at radius 2 is 2.00 bits per heavy atom. The fraction of sp³-hybridized carbons (Fsp3) is 0.409. The van der Waals surface area contributed by atoms with Gasteiger partial charge in [-0.2, -0.15) is 0 Å². The number of carbonyl (C=O) groups is 1. The van der Waals surface area contributed by atoms with Crippen LogP contribution < -0.4 is 5.56 Å². The lowest BCUT2D eigenvalue weighted by atomic mass is 9.97. The lowest BCUT2D eigenvalue weighted by Gasteiger charge is -2.31. The van der Waals surface area contributed by atoms with Gasteiger partial charge in [-0.15, -0.1) is 0 Å². The zero-order chi connectivity index (χ0) is 19.3. The van der Waals surface area contributed by atoms with Crippen LogP contribution in [0.4, 0.5) is 0 Å². The second-order valence-electron chi connectivity index (χ2n) is 7.93. The number of piperidine rings is 1. The Morgan fingerprint density at radius 3 is 2.79 bits per heavy atom. The summed E-state index contributed by atoms with van der Waals surface area (Å²) in [6.07, 6.45) is 5.65. The first-order chi connectivity index (χ1) is 13.6. The molecule has 1 saturated carbocycles. The molecule has 1 amide bonds. The highest BCUT2D eigenvalue weighted by Gasteiger charge is 2.32. The lowest BCUT2D eigenvalue weighted by molar-refractivity contribution is 0.0695. The minimum atomic E-state index is -0.168. The summed E-state index contributed by atoms with van der Waals surface area (Å²) in [4.78, 5) is 32.6. The van der Waals surface area contributed by atoms with Crippen LogP contribution in [0.3, 0.4) is 0 Å². The van der Waals surface area contributed by atoms with Crippen LogP contribution in [-0.4, -0.2) is 33.4 Å². The fourth-order valence-electron chi connectivity index (χ4n) is 4.13. The number of nitrogens with zero attached hydrogens (tertiary/aromatic N) is 3. The van der Waals surface area contributed by atoms with Crippen molar-refractivity contribution in [2.24, 2.45) is 0 Å². The predicted octanol–water partition coefficient (Wildman–Crippen LogP) is 3.65. The van der Waals surface area contributed by atoms with Crippen LogP contribution in [-0.2, 0) is 0 Å². The molecule has 6 nitrogen and oxygen atoms in total. The molecule has 6 heteroatoms. The average molecular weight is 377 g/mol. The molecule has 1 atom stereocenters. The third-order valence-electron chi connectivity index (χ3n) is 5.85. The Balaban J connectivity index is 1.43. The number of para-hydroxylation sites is 2. The fourth-order valence-corrected chi connectivity index (χ4v) is 4.13. The maximum atomic E-state index is 13.2. The number of aryl methyl sites for hydroxylation is 1. The van der Waals surface area contributed by atoms with Crippen LogP contribution >= 0.6 is 0 Å². The van der Waals surface area contributed by atoms with Gasteiger partial charge < -0.3 is 13.9 Å². The first kappa shape index (κ1) is 17.2. The van der Waals surface area contributed by atoms with Gasteiger partial charge in [0.05, 0.1) is 5.92 Å². The van der Waals surface area contributed by atoms with Crippen molar-refractivity contribution in [2.45, 2.75) is 44.6 Å². The smallest absolute Gasteiger partial charge is 0.263 e. The van der Waals surface area contributed by atoms with E-state index in [0.29, 0.717) is 24.5 Å². The molecule has 28 heavy (non-hydrogen) atoms. The van der Waals surface area contributed by atoms with Crippen molar-refractivity contribution < 1.29 is 9.21 Å². The number of benzene rings is 1. The SMILES string of the molecule is Cc1ccn(C2CC2)c(=O)c1C(=O)N1CCCC(c2nc3ccccc3o2)C1. The van der Waals surface area contributed by atoms with Crippen molar-refractivity contribution in [2.75, 3.05) is 13.1 Å². The number of amides is 1. The van der Waals surface area contributed by atoms with Crippen molar-refractivity contribution in [3.63, 3.8) is 0 Å². The molecular formula is C22H23N3O3. The summed E-state index contributed by atoms with van der Waals surface area (Å²) in [6.45, 7) is 3.03. The van der Waals surface area contributed by atoms with Crippen LogP contribution in [0.1, 0.15) is 59.5 Å². The predicted molar refractivity (Wildman–Crippen MR) is 106 cm³/mol. The number of aromatic nitrogens is 2. The summed E-state index contributed by atoms with van der Waals surface area (Å²) >= 11 is 0. The molecule has 1 unspecified atom stereocenters. The summed E-state index contributed by atoms with van der Waals surface area (Å²) in [5.74, 6) is 0.567. The molecule has 0 spiro atoms. The van der Waals surface area contributed by atoms with Crippen LogP contribution in [0.5, 0.6) is 0 Å². The second kappa shape index (κ2) is 6.62. The number of fused-ring (bicyclic) bond motifs is 1. The van der Waals surface area contributed by atoms with Crippen molar-refractivity contribution >= 4 is 17.0 Å². The molecule has 3 heterocycles. The standard InChI is InChI=1S/C22H23N3O3/c1-14-10-12-25(16-8-9-16)22(27)19(14)21(26)24-11-4-5-15(13-24)20-23-17-6-2-3-7-18(17)28-20/h2-3,6-7,10,12,15-16H,4-5,8-9,11,13H2,1H3. The summed E-state index contributed by atoms with van der Waals surface area (Å²) in [7, 11) is 0. The number of carbonyl (C=O) groups excluding carboxylic acids is 1. The van der Waals surface area contributed by atoms with Crippen LogP contribution in [0.15, 0.2) is 45.7 Å². The van der Waals surface area contributed by atoms with Gasteiger partial charge in [0.1, 0.15) is 11.1 Å². The van der Waals surface area contributed by atoms with Gasteiger partial charge in [-0.05, 0) is 56.4 Å². The summed E-state index contributed by atoms with van der Waals surface area (Å²) in [6, 6.07) is 9.85. The summed E-state index contributed by atoms with van der Waals surface area (Å²) < 4.78 is 7.66. The zero-order valence-electron chi connectivity index (χ0n) is 15.9. The van der Waals surface area contributed by atoms with Gasteiger partial charge in [0.2, 0.25) is 0 Å². The Kier molecular flexibility index (Phi) is 4.07. The second-order valence-corrected chi connectivity index (χ2v) is 7.93. The minimum absolute atomic E-state index is 0.0553. The van der Waals surface area contributed by atoms with Crippen LogP contribution in [0.25, 0.3) is 11.1 Å². The van der Waals surface area contributed by atoms with Gasteiger partial charge in [-0.25, -0.2) is 4.98 Å². The summed E-state index contributed by atoms with van der Waals surface area (Å²) in [5, 5.41) is 0. The van der Waals surface area contributed by atoms with E-state index in [0.717, 1.165) is 42.3 Å². The highest BCUT2D eigenvalue weighted by atomic mass is 16.3. The van der Waals surface area contributed by atoms with Gasteiger partial charge in [-0.1, -0.05) is 12.1 Å². The first-order valence-electron chi connectivity index (χ1n) is 9.98. The number of oxazole rings is 1. The lowest BCUT2D eigenvalue weighted by Crippen LogP contribution is -2.42. The molecule has 5 rings (SSSR count). The van der Waals surface area contributed by atoms with Crippen LogP contribution in [0.2, 0.25) is 0 Å². The number of pyridine rings is 1. The van der Waals surface area contributed by atoms with Crippen LogP contribution in [0, 0.1) is 6.92 Å². The highest BCUT2D eigenvalue weighted by Crippen LogP contribution is 2.34. The number of likely N-dealkylation sites (tertiary alicyclic amines) is 1. The molecule has 0 bridgehead atoms. The van der Waals surface area contributed by atoms with Crippen molar-refractivity contribution in [1.82, 2.24) is 14.5 Å². The van der Waals surface area contributed by atoms with Crippen molar-refractivity contribution in [3.05, 3.63) is 63.9 Å². The third kappa shape index (κ3) is 2.93. The molecule has 1 aromatic carbocycles. The zero-order valence-corrected chi connectivity index (χ0v) is 15.9. The molecule has 0 N–H and O–H groups in total. The molecule has 144 valence electrons. The average Bonchev–Trinajstić information content (AvgIpc) is 3.45. The Bertz CT molecular complexity index is 1080. The monoisotopic (exact) mass is 377 g/mol. The highest BCUT2D eigenvalue weighted by molar-refractivity contribution is 5.95. The Hall–Kier alpha value is -2.89. The van der Waals surface area contributed by atoms with E-state index in [2.05, 4.69) is 4.98 Å². The van der Waals surface area contributed by atoms with E-state index in [1.165, 1.54) is 0 Å². The van der Waals surface area contributed by atoms with Gasteiger partial charge >= 0.3 is 0 Å². The summed E-state index contributed by atoms with van der Waals surface area (Å²) in [5.41, 5.74) is 2.51. The van der Waals surface area contributed by atoms with E-state index in [1.54, 1.807) is 9.47 Å². The van der Waals surface area contributed by atoms with Gasteiger partial charge in [-0.3, -0.25) is 9.59 Å². The molecule has 2 aromatic heterocycles. The van der Waals surface area contributed by atoms with E-state index < -0.39 is 0 Å². The van der Waals surface area contributed by atoms with Gasteiger partial charge in [0.15, 0.2) is 11.5 Å². The number of rotatable bonds is 3. The molecule has 0 radical (unpaired) electrons. The molecular weight excluding hydrogens is 354 g/mol. The van der Waals surface area contributed by atoms with Crippen molar-refractivity contribution in [1.29, 1.82) is 0 Å². The van der Waals surface area contributed by atoms with E-state index in [4.69, 9.17) is 4.42 Å². The Morgan fingerprint density at radius 1 is 1.18 bits per heavy atom. The first-order valence-corrected chi connectivity index (χ1v) is 9.98. The minimum Gasteiger partial charge on any atom is -0.440 e. The Labute approximate surface area is 162 Å². The molecule has 2 fully saturated rings. The molecule has 1 aliphatic heterocycles. The van der Waals surface area contributed by atoms with E-state index in [9.17, 15) is 9.59 Å².